The SMILES string of the molecule is COc1ccc(-c2nc(CSC(C)C(=O)NCc3cccs3)co2)cc1. The van der Waals surface area contributed by atoms with Gasteiger partial charge in [0.05, 0.1) is 24.6 Å². The second kappa shape index (κ2) is 8.91. The molecule has 0 spiro atoms. The largest absolute Gasteiger partial charge is 0.497 e. The van der Waals surface area contributed by atoms with E-state index >= 15 is 0 Å². The summed E-state index contributed by atoms with van der Waals surface area (Å²) in [6, 6.07) is 11.5. The molecule has 1 aromatic carbocycles. The van der Waals surface area contributed by atoms with Crippen molar-refractivity contribution in [2.24, 2.45) is 0 Å². The molecule has 0 aliphatic heterocycles. The van der Waals surface area contributed by atoms with E-state index in [2.05, 4.69) is 10.3 Å². The Morgan fingerprint density at radius 1 is 1.35 bits per heavy atom. The molecule has 5 nitrogen and oxygen atoms in total. The van der Waals surface area contributed by atoms with Gasteiger partial charge in [-0.25, -0.2) is 4.98 Å². The van der Waals surface area contributed by atoms with E-state index in [4.69, 9.17) is 9.15 Å². The molecule has 1 amide bonds. The van der Waals surface area contributed by atoms with Crippen LogP contribution in [-0.4, -0.2) is 23.3 Å². The number of benzene rings is 1. The molecular formula is C19H20N2O3S2. The van der Waals surface area contributed by atoms with Gasteiger partial charge < -0.3 is 14.5 Å². The number of ether oxygens (including phenoxy) is 1. The van der Waals surface area contributed by atoms with Crippen LogP contribution in [0.1, 0.15) is 17.5 Å². The first-order valence-corrected chi connectivity index (χ1v) is 10.1. The van der Waals surface area contributed by atoms with Gasteiger partial charge in [-0.3, -0.25) is 4.79 Å². The summed E-state index contributed by atoms with van der Waals surface area (Å²) in [5, 5.41) is 4.81. The van der Waals surface area contributed by atoms with Crippen LogP contribution in [0.15, 0.2) is 52.5 Å². The van der Waals surface area contributed by atoms with Crippen molar-refractivity contribution in [1.82, 2.24) is 10.3 Å². The zero-order valence-electron chi connectivity index (χ0n) is 14.6. The van der Waals surface area contributed by atoms with Crippen LogP contribution < -0.4 is 10.1 Å². The molecule has 1 N–H and O–H groups in total. The first-order valence-electron chi connectivity index (χ1n) is 8.16. The third kappa shape index (κ3) is 4.89. The van der Waals surface area contributed by atoms with Crippen LogP contribution in [0.5, 0.6) is 5.75 Å². The van der Waals surface area contributed by atoms with Gasteiger partial charge in [-0.05, 0) is 42.6 Å². The van der Waals surface area contributed by atoms with Crippen LogP contribution in [0.4, 0.5) is 0 Å². The summed E-state index contributed by atoms with van der Waals surface area (Å²) >= 11 is 3.18. The molecule has 0 bridgehead atoms. The minimum Gasteiger partial charge on any atom is -0.497 e. The van der Waals surface area contributed by atoms with E-state index in [1.165, 1.54) is 11.8 Å². The van der Waals surface area contributed by atoms with Crippen molar-refractivity contribution in [1.29, 1.82) is 0 Å². The Kier molecular flexibility index (Phi) is 6.35. The van der Waals surface area contributed by atoms with Crippen molar-refractivity contribution in [2.45, 2.75) is 24.5 Å². The molecule has 26 heavy (non-hydrogen) atoms. The van der Waals surface area contributed by atoms with Gasteiger partial charge in [0.25, 0.3) is 0 Å². The first-order chi connectivity index (χ1) is 12.7. The van der Waals surface area contributed by atoms with Crippen molar-refractivity contribution in [3.63, 3.8) is 0 Å². The van der Waals surface area contributed by atoms with Gasteiger partial charge in [0.1, 0.15) is 12.0 Å². The summed E-state index contributed by atoms with van der Waals surface area (Å²) in [5.41, 5.74) is 1.71. The molecule has 1 atom stereocenters. The monoisotopic (exact) mass is 388 g/mol. The van der Waals surface area contributed by atoms with Gasteiger partial charge in [0, 0.05) is 16.2 Å². The number of hydrogen-bond acceptors (Lipinski definition) is 6. The fourth-order valence-corrected chi connectivity index (χ4v) is 3.69. The first kappa shape index (κ1) is 18.5. The Balaban J connectivity index is 1.49. The molecule has 3 rings (SSSR count). The van der Waals surface area contributed by atoms with Crippen molar-refractivity contribution >= 4 is 29.0 Å². The zero-order valence-corrected chi connectivity index (χ0v) is 16.2. The van der Waals surface area contributed by atoms with E-state index < -0.39 is 0 Å². The molecule has 0 saturated heterocycles. The lowest BCUT2D eigenvalue weighted by Gasteiger charge is -2.10. The van der Waals surface area contributed by atoms with E-state index in [1.54, 1.807) is 24.7 Å². The molecule has 7 heteroatoms. The summed E-state index contributed by atoms with van der Waals surface area (Å²) in [5.74, 6) is 2.01. The lowest BCUT2D eigenvalue weighted by molar-refractivity contribution is -0.120. The van der Waals surface area contributed by atoms with Crippen molar-refractivity contribution in [3.05, 3.63) is 58.6 Å². The Labute approximate surface area is 160 Å². The number of amides is 1. The molecular weight excluding hydrogens is 368 g/mol. The molecule has 0 radical (unpaired) electrons. The smallest absolute Gasteiger partial charge is 0.233 e. The van der Waals surface area contributed by atoms with Crippen molar-refractivity contribution in [3.8, 4) is 17.2 Å². The molecule has 0 saturated carbocycles. The topological polar surface area (TPSA) is 64.4 Å². The fourth-order valence-electron chi connectivity index (χ4n) is 2.26. The van der Waals surface area contributed by atoms with E-state index in [1.807, 2.05) is 48.7 Å². The average molecular weight is 389 g/mol. The number of carbonyl (C=O) groups excluding carboxylic acids is 1. The van der Waals surface area contributed by atoms with Gasteiger partial charge in [0.2, 0.25) is 11.8 Å². The number of nitrogens with zero attached hydrogens (tertiary/aromatic N) is 1. The van der Waals surface area contributed by atoms with Gasteiger partial charge in [-0.2, -0.15) is 0 Å². The summed E-state index contributed by atoms with van der Waals surface area (Å²) in [4.78, 5) is 17.8. The maximum atomic E-state index is 12.2. The zero-order chi connectivity index (χ0) is 18.4. The minimum absolute atomic E-state index is 0.0299. The Bertz CT molecular complexity index is 829. The molecule has 2 aromatic heterocycles. The maximum Gasteiger partial charge on any atom is 0.233 e. The highest BCUT2D eigenvalue weighted by Crippen LogP contribution is 2.24. The summed E-state index contributed by atoms with van der Waals surface area (Å²) in [6.45, 7) is 2.48. The predicted octanol–water partition coefficient (Wildman–Crippen LogP) is 4.35. The lowest BCUT2D eigenvalue weighted by Crippen LogP contribution is -2.30. The second-order valence-electron chi connectivity index (χ2n) is 5.62. The number of rotatable bonds is 8. The standard InChI is InChI=1S/C19H20N2O3S2/c1-13(18(22)20-10-17-4-3-9-25-17)26-12-15-11-24-19(21-15)14-5-7-16(23-2)8-6-14/h3-9,11,13H,10,12H2,1-2H3,(H,20,22). The normalized spacial score (nSPS) is 11.9. The molecule has 0 aliphatic carbocycles. The lowest BCUT2D eigenvalue weighted by atomic mass is 10.2. The molecule has 3 aromatic rings. The van der Waals surface area contributed by atoms with E-state index in [0.717, 1.165) is 21.9 Å². The number of oxazole rings is 1. The van der Waals surface area contributed by atoms with Crippen LogP contribution in [0, 0.1) is 0 Å². The third-order valence-electron chi connectivity index (χ3n) is 3.76. The van der Waals surface area contributed by atoms with Gasteiger partial charge in [0.15, 0.2) is 0 Å². The van der Waals surface area contributed by atoms with Gasteiger partial charge >= 0.3 is 0 Å². The number of carbonyl (C=O) groups is 1. The highest BCUT2D eigenvalue weighted by molar-refractivity contribution is 7.99. The number of aromatic nitrogens is 1. The van der Waals surface area contributed by atoms with E-state index in [9.17, 15) is 4.79 Å². The van der Waals surface area contributed by atoms with Crippen molar-refractivity contribution < 1.29 is 13.9 Å². The van der Waals surface area contributed by atoms with Gasteiger partial charge in [-0.1, -0.05) is 6.07 Å². The third-order valence-corrected chi connectivity index (χ3v) is 5.81. The van der Waals surface area contributed by atoms with E-state index in [-0.39, 0.29) is 11.2 Å². The van der Waals surface area contributed by atoms with Crippen molar-refractivity contribution in [2.75, 3.05) is 7.11 Å². The molecule has 136 valence electrons. The maximum absolute atomic E-state index is 12.2. The number of thiophene rings is 1. The second-order valence-corrected chi connectivity index (χ2v) is 7.98. The Hall–Kier alpha value is -2.25. The molecule has 1 unspecified atom stereocenters. The highest BCUT2D eigenvalue weighted by atomic mass is 32.2. The molecule has 0 fully saturated rings. The van der Waals surface area contributed by atoms with Crippen LogP contribution in [-0.2, 0) is 17.1 Å². The predicted molar refractivity (Wildman–Crippen MR) is 105 cm³/mol. The van der Waals surface area contributed by atoms with E-state index in [0.29, 0.717) is 18.2 Å². The summed E-state index contributed by atoms with van der Waals surface area (Å²) < 4.78 is 10.7. The quantitative estimate of drug-likeness (QED) is 0.621. The number of thioether (sulfide) groups is 1. The molecule has 0 aliphatic rings. The summed E-state index contributed by atoms with van der Waals surface area (Å²) in [6.07, 6.45) is 1.64. The number of hydrogen-bond donors (Lipinski definition) is 1. The van der Waals surface area contributed by atoms with Gasteiger partial charge in [-0.15, -0.1) is 23.1 Å². The Morgan fingerprint density at radius 2 is 2.15 bits per heavy atom. The minimum atomic E-state index is -0.156. The fraction of sp³-hybridized carbons (Fsp3) is 0.263. The summed E-state index contributed by atoms with van der Waals surface area (Å²) in [7, 11) is 1.63. The highest BCUT2D eigenvalue weighted by Gasteiger charge is 2.15. The average Bonchev–Trinajstić information content (AvgIpc) is 3.36. The van der Waals surface area contributed by atoms with Crippen LogP contribution in [0.3, 0.4) is 0 Å². The number of methoxy groups -OCH3 is 1. The van der Waals surface area contributed by atoms with Crippen LogP contribution in [0.25, 0.3) is 11.5 Å². The van der Waals surface area contributed by atoms with Crippen LogP contribution in [0.2, 0.25) is 0 Å². The van der Waals surface area contributed by atoms with Crippen LogP contribution >= 0.6 is 23.1 Å². The Morgan fingerprint density at radius 3 is 2.85 bits per heavy atom. The molecule has 2 heterocycles. The number of nitrogens with one attached hydrogen (secondary N) is 1.